The van der Waals surface area contributed by atoms with Crippen LogP contribution in [0.2, 0.25) is 0 Å². The number of benzene rings is 1. The summed E-state index contributed by atoms with van der Waals surface area (Å²) in [7, 11) is -2.64. The highest BCUT2D eigenvalue weighted by molar-refractivity contribution is 8.01. The van der Waals surface area contributed by atoms with Gasteiger partial charge in [0.1, 0.15) is 0 Å². The molecule has 1 aromatic heterocycles. The SMILES string of the molecule is CCOC(=O)CSc1nnc(NC(=O)CN(C)S(=O)(=O)c2ccc(C(C)=O)cc2)s1. The van der Waals surface area contributed by atoms with Crippen LogP contribution in [0, 0.1) is 0 Å². The summed E-state index contributed by atoms with van der Waals surface area (Å²) in [6, 6.07) is 5.47. The first-order chi connectivity index (χ1) is 14.1. The number of sulfonamides is 1. The van der Waals surface area contributed by atoms with Gasteiger partial charge in [-0.25, -0.2) is 8.42 Å². The molecule has 30 heavy (non-hydrogen) atoms. The van der Waals surface area contributed by atoms with E-state index in [1.165, 1.54) is 38.2 Å². The minimum absolute atomic E-state index is 0.0311. The summed E-state index contributed by atoms with van der Waals surface area (Å²) in [6.45, 7) is 2.93. The number of anilines is 1. The summed E-state index contributed by atoms with van der Waals surface area (Å²) >= 11 is 2.18. The van der Waals surface area contributed by atoms with E-state index >= 15 is 0 Å². The number of thioether (sulfide) groups is 1. The number of hydrogen-bond donors (Lipinski definition) is 1. The van der Waals surface area contributed by atoms with Gasteiger partial charge >= 0.3 is 5.97 Å². The topological polar surface area (TPSA) is 136 Å². The van der Waals surface area contributed by atoms with E-state index in [1.807, 2.05) is 0 Å². The normalized spacial score (nSPS) is 11.3. The maximum absolute atomic E-state index is 12.6. The first-order valence-electron chi connectivity index (χ1n) is 8.62. The molecule has 0 bridgehead atoms. The Hall–Kier alpha value is -2.35. The van der Waals surface area contributed by atoms with Crippen LogP contribution in [0.1, 0.15) is 24.2 Å². The van der Waals surface area contributed by atoms with E-state index in [-0.39, 0.29) is 34.1 Å². The minimum atomic E-state index is -3.91. The van der Waals surface area contributed by atoms with Gasteiger partial charge in [0.25, 0.3) is 0 Å². The highest BCUT2D eigenvalue weighted by Gasteiger charge is 2.23. The summed E-state index contributed by atoms with van der Waals surface area (Å²) in [5.41, 5.74) is 0.391. The van der Waals surface area contributed by atoms with Gasteiger partial charge in [-0.2, -0.15) is 4.31 Å². The molecule has 0 unspecified atom stereocenters. The van der Waals surface area contributed by atoms with E-state index in [4.69, 9.17) is 4.74 Å². The van der Waals surface area contributed by atoms with Gasteiger partial charge in [-0.3, -0.25) is 19.7 Å². The molecule has 1 aromatic carbocycles. The Labute approximate surface area is 182 Å². The second-order valence-corrected chi connectivity index (χ2v) is 10.1. The molecular weight excluding hydrogens is 452 g/mol. The zero-order valence-corrected chi connectivity index (χ0v) is 18.9. The number of ketones is 1. The maximum atomic E-state index is 12.6. The number of carbonyl (C=O) groups excluding carboxylic acids is 3. The lowest BCUT2D eigenvalue weighted by molar-refractivity contribution is -0.139. The van der Waals surface area contributed by atoms with Crippen molar-refractivity contribution in [3.8, 4) is 0 Å². The van der Waals surface area contributed by atoms with E-state index in [1.54, 1.807) is 6.92 Å². The second-order valence-electron chi connectivity index (χ2n) is 5.86. The van der Waals surface area contributed by atoms with Crippen LogP contribution in [0.25, 0.3) is 0 Å². The van der Waals surface area contributed by atoms with Crippen molar-refractivity contribution in [2.45, 2.75) is 23.1 Å². The summed E-state index contributed by atoms with van der Waals surface area (Å²) in [4.78, 5) is 34.8. The van der Waals surface area contributed by atoms with Gasteiger partial charge in [0.05, 0.1) is 23.8 Å². The van der Waals surface area contributed by atoms with Crippen molar-refractivity contribution >= 4 is 55.9 Å². The van der Waals surface area contributed by atoms with Crippen molar-refractivity contribution in [1.82, 2.24) is 14.5 Å². The predicted molar refractivity (Wildman–Crippen MR) is 112 cm³/mol. The van der Waals surface area contributed by atoms with Gasteiger partial charge in [-0.05, 0) is 26.0 Å². The van der Waals surface area contributed by atoms with Crippen molar-refractivity contribution < 1.29 is 27.5 Å². The monoisotopic (exact) mass is 472 g/mol. The molecule has 0 spiro atoms. The minimum Gasteiger partial charge on any atom is -0.465 e. The van der Waals surface area contributed by atoms with E-state index in [0.717, 1.165) is 27.4 Å². The Morgan fingerprint density at radius 3 is 2.47 bits per heavy atom. The average Bonchev–Trinajstić information content (AvgIpc) is 3.13. The van der Waals surface area contributed by atoms with E-state index in [0.29, 0.717) is 9.90 Å². The summed E-state index contributed by atoms with van der Waals surface area (Å²) in [6.07, 6.45) is 0. The Bertz CT molecular complexity index is 1020. The van der Waals surface area contributed by atoms with Gasteiger partial charge in [-0.1, -0.05) is 35.2 Å². The fourth-order valence-electron chi connectivity index (χ4n) is 2.13. The standard InChI is InChI=1S/C17H20N4O6S3/c1-4-27-15(24)10-28-17-20-19-16(29-17)18-14(23)9-21(3)30(25,26)13-7-5-12(6-8-13)11(2)22/h5-8H,4,9-10H2,1-3H3,(H,18,19,23). The molecule has 162 valence electrons. The highest BCUT2D eigenvalue weighted by Crippen LogP contribution is 2.25. The third-order valence-corrected chi connectivity index (χ3v) is 7.37. The molecule has 1 heterocycles. The second kappa shape index (κ2) is 10.6. The number of likely N-dealkylation sites (N-methyl/N-ethyl adjacent to an activating group) is 1. The molecule has 0 aliphatic carbocycles. The molecule has 1 N–H and O–H groups in total. The van der Waals surface area contributed by atoms with Gasteiger partial charge in [0.2, 0.25) is 21.1 Å². The fraction of sp³-hybridized carbons (Fsp3) is 0.353. The lowest BCUT2D eigenvalue weighted by Crippen LogP contribution is -2.35. The molecule has 13 heteroatoms. The first-order valence-corrected chi connectivity index (χ1v) is 11.9. The Balaban J connectivity index is 1.94. The van der Waals surface area contributed by atoms with Gasteiger partial charge in [0.15, 0.2) is 10.1 Å². The Morgan fingerprint density at radius 1 is 1.20 bits per heavy atom. The Morgan fingerprint density at radius 2 is 1.87 bits per heavy atom. The molecule has 0 atom stereocenters. The van der Waals surface area contributed by atoms with Crippen LogP contribution in [0.5, 0.6) is 0 Å². The molecule has 1 amide bonds. The van der Waals surface area contributed by atoms with E-state index in [9.17, 15) is 22.8 Å². The van der Waals surface area contributed by atoms with Crippen LogP contribution in [0.15, 0.2) is 33.5 Å². The zero-order valence-electron chi connectivity index (χ0n) is 16.4. The molecule has 0 radical (unpaired) electrons. The molecule has 2 rings (SSSR count). The largest absolute Gasteiger partial charge is 0.465 e. The molecule has 0 saturated heterocycles. The zero-order chi connectivity index (χ0) is 22.3. The quantitative estimate of drug-likeness (QED) is 0.237. The lowest BCUT2D eigenvalue weighted by atomic mass is 10.2. The number of hydrogen-bond acceptors (Lipinski definition) is 10. The van der Waals surface area contributed by atoms with Gasteiger partial charge in [-0.15, -0.1) is 10.2 Å². The number of esters is 1. The third kappa shape index (κ3) is 6.58. The first kappa shape index (κ1) is 23.9. The van der Waals surface area contributed by atoms with Crippen LogP contribution in [0.4, 0.5) is 5.13 Å². The lowest BCUT2D eigenvalue weighted by Gasteiger charge is -2.16. The average molecular weight is 473 g/mol. The number of ether oxygens (including phenoxy) is 1. The van der Waals surface area contributed by atoms with Crippen molar-refractivity contribution in [2.75, 3.05) is 31.3 Å². The maximum Gasteiger partial charge on any atom is 0.316 e. The van der Waals surface area contributed by atoms with Crippen LogP contribution >= 0.6 is 23.1 Å². The Kier molecular flexibility index (Phi) is 8.46. The fourth-order valence-corrected chi connectivity index (χ4v) is 4.82. The van der Waals surface area contributed by atoms with Crippen molar-refractivity contribution in [3.63, 3.8) is 0 Å². The molecule has 0 aliphatic heterocycles. The van der Waals surface area contributed by atoms with Crippen LogP contribution in [-0.4, -0.2) is 66.5 Å². The third-order valence-electron chi connectivity index (χ3n) is 3.61. The van der Waals surface area contributed by atoms with E-state index in [2.05, 4.69) is 15.5 Å². The molecule has 0 aliphatic rings. The van der Waals surface area contributed by atoms with Crippen molar-refractivity contribution in [1.29, 1.82) is 0 Å². The number of carbonyl (C=O) groups is 3. The van der Waals surface area contributed by atoms with Gasteiger partial charge in [0, 0.05) is 12.6 Å². The number of nitrogens with zero attached hydrogens (tertiary/aromatic N) is 3. The highest BCUT2D eigenvalue weighted by atomic mass is 32.2. The number of nitrogens with one attached hydrogen (secondary N) is 1. The van der Waals surface area contributed by atoms with Crippen LogP contribution in [-0.2, 0) is 24.3 Å². The van der Waals surface area contributed by atoms with E-state index < -0.39 is 22.5 Å². The van der Waals surface area contributed by atoms with Crippen molar-refractivity contribution in [3.05, 3.63) is 29.8 Å². The number of Topliss-reactive ketones (excluding diaryl/α,β-unsaturated/α-hetero) is 1. The van der Waals surface area contributed by atoms with Crippen LogP contribution in [0.3, 0.4) is 0 Å². The number of amides is 1. The molecule has 0 saturated carbocycles. The summed E-state index contributed by atoms with van der Waals surface area (Å²) in [5, 5.41) is 10.3. The summed E-state index contributed by atoms with van der Waals surface area (Å²) in [5.74, 6) is -1.09. The smallest absolute Gasteiger partial charge is 0.316 e. The molecule has 10 nitrogen and oxygen atoms in total. The number of aromatic nitrogens is 2. The predicted octanol–water partition coefficient (Wildman–Crippen LogP) is 1.66. The molecule has 2 aromatic rings. The van der Waals surface area contributed by atoms with Crippen molar-refractivity contribution in [2.24, 2.45) is 0 Å². The van der Waals surface area contributed by atoms with Gasteiger partial charge < -0.3 is 4.74 Å². The van der Waals surface area contributed by atoms with Crippen LogP contribution < -0.4 is 5.32 Å². The molecular formula is C17H20N4O6S3. The molecule has 0 fully saturated rings. The summed E-state index contributed by atoms with van der Waals surface area (Å²) < 4.78 is 31.4. The number of rotatable bonds is 10.